The van der Waals surface area contributed by atoms with Crippen LogP contribution in [0.1, 0.15) is 12.5 Å². The van der Waals surface area contributed by atoms with Crippen molar-refractivity contribution >= 4 is 45.0 Å². The standard InChI is InChI=1S/C12H15BrClNS/c1-9-8-15(4-5-16-9)11-3-2-10(7-14)12(13)6-11/h2-3,6,9H,4-5,7-8H2,1H3. The summed E-state index contributed by atoms with van der Waals surface area (Å²) in [6, 6.07) is 6.46. The molecule has 16 heavy (non-hydrogen) atoms. The Morgan fingerprint density at radius 2 is 2.38 bits per heavy atom. The van der Waals surface area contributed by atoms with E-state index in [2.05, 4.69) is 57.7 Å². The van der Waals surface area contributed by atoms with Crippen LogP contribution in [-0.2, 0) is 5.88 Å². The largest absolute Gasteiger partial charge is 0.370 e. The monoisotopic (exact) mass is 319 g/mol. The summed E-state index contributed by atoms with van der Waals surface area (Å²) < 4.78 is 1.12. The van der Waals surface area contributed by atoms with Crippen molar-refractivity contribution in [3.05, 3.63) is 28.2 Å². The van der Waals surface area contributed by atoms with Gasteiger partial charge in [-0.2, -0.15) is 11.8 Å². The maximum absolute atomic E-state index is 5.85. The number of anilines is 1. The highest BCUT2D eigenvalue weighted by atomic mass is 79.9. The molecule has 4 heteroatoms. The number of hydrogen-bond acceptors (Lipinski definition) is 2. The van der Waals surface area contributed by atoms with E-state index in [9.17, 15) is 0 Å². The molecule has 0 amide bonds. The molecule has 1 heterocycles. The Morgan fingerprint density at radius 3 is 3.00 bits per heavy atom. The first kappa shape index (κ1) is 12.6. The van der Waals surface area contributed by atoms with Crippen LogP contribution in [0.2, 0.25) is 0 Å². The van der Waals surface area contributed by atoms with Crippen molar-refractivity contribution in [1.82, 2.24) is 0 Å². The lowest BCUT2D eigenvalue weighted by atomic mass is 10.2. The van der Waals surface area contributed by atoms with Crippen LogP contribution in [0.5, 0.6) is 0 Å². The van der Waals surface area contributed by atoms with Gasteiger partial charge in [-0.05, 0) is 17.7 Å². The molecule has 1 aliphatic rings. The van der Waals surface area contributed by atoms with Crippen molar-refractivity contribution in [2.24, 2.45) is 0 Å². The molecule has 1 aromatic carbocycles. The van der Waals surface area contributed by atoms with Gasteiger partial charge < -0.3 is 4.90 Å². The van der Waals surface area contributed by atoms with Gasteiger partial charge >= 0.3 is 0 Å². The van der Waals surface area contributed by atoms with Crippen molar-refractivity contribution in [3.63, 3.8) is 0 Å². The predicted molar refractivity (Wildman–Crippen MR) is 77.8 cm³/mol. The zero-order valence-corrected chi connectivity index (χ0v) is 12.4. The lowest BCUT2D eigenvalue weighted by Crippen LogP contribution is -2.36. The number of halogens is 2. The summed E-state index contributed by atoms with van der Waals surface area (Å²) in [4.78, 5) is 2.45. The van der Waals surface area contributed by atoms with Gasteiger partial charge in [0, 0.05) is 40.1 Å². The van der Waals surface area contributed by atoms with Gasteiger partial charge in [0.15, 0.2) is 0 Å². The molecule has 0 saturated carbocycles. The van der Waals surface area contributed by atoms with Crippen molar-refractivity contribution in [3.8, 4) is 0 Å². The molecular weight excluding hydrogens is 306 g/mol. The normalized spacial score (nSPS) is 21.2. The second-order valence-electron chi connectivity index (χ2n) is 4.04. The molecule has 1 atom stereocenters. The molecule has 0 aliphatic carbocycles. The molecule has 0 bridgehead atoms. The van der Waals surface area contributed by atoms with Gasteiger partial charge in [0.25, 0.3) is 0 Å². The summed E-state index contributed by atoms with van der Waals surface area (Å²) >= 11 is 11.5. The van der Waals surface area contributed by atoms with E-state index < -0.39 is 0 Å². The van der Waals surface area contributed by atoms with Gasteiger partial charge in [-0.1, -0.05) is 28.9 Å². The molecular formula is C12H15BrClNS. The van der Waals surface area contributed by atoms with E-state index in [4.69, 9.17) is 11.6 Å². The van der Waals surface area contributed by atoms with E-state index in [1.807, 2.05) is 0 Å². The van der Waals surface area contributed by atoms with Crippen LogP contribution in [0.15, 0.2) is 22.7 Å². The Labute approximate surface area is 115 Å². The molecule has 0 N–H and O–H groups in total. The van der Waals surface area contributed by atoms with Gasteiger partial charge in [0.2, 0.25) is 0 Å². The van der Waals surface area contributed by atoms with Gasteiger partial charge in [0.1, 0.15) is 0 Å². The van der Waals surface area contributed by atoms with Gasteiger partial charge in [-0.3, -0.25) is 0 Å². The molecule has 1 unspecified atom stereocenters. The Bertz CT molecular complexity index is 372. The van der Waals surface area contributed by atoms with Crippen molar-refractivity contribution in [1.29, 1.82) is 0 Å². The van der Waals surface area contributed by atoms with E-state index in [0.29, 0.717) is 5.88 Å². The van der Waals surface area contributed by atoms with Crippen molar-refractivity contribution in [2.75, 3.05) is 23.7 Å². The Morgan fingerprint density at radius 1 is 1.56 bits per heavy atom. The zero-order chi connectivity index (χ0) is 11.5. The predicted octanol–water partition coefficient (Wildman–Crippen LogP) is 4.13. The number of nitrogens with zero attached hydrogens (tertiary/aromatic N) is 1. The van der Waals surface area contributed by atoms with Gasteiger partial charge in [-0.15, -0.1) is 11.6 Å². The minimum absolute atomic E-state index is 0.563. The second kappa shape index (κ2) is 5.65. The summed E-state index contributed by atoms with van der Waals surface area (Å²) in [5.41, 5.74) is 2.46. The Kier molecular flexibility index (Phi) is 4.45. The SMILES string of the molecule is CC1CN(c2ccc(CCl)c(Br)c2)CCS1. The van der Waals surface area contributed by atoms with Crippen LogP contribution in [0, 0.1) is 0 Å². The average molecular weight is 321 g/mol. The molecule has 1 aromatic rings. The van der Waals surface area contributed by atoms with E-state index in [0.717, 1.165) is 28.4 Å². The molecule has 1 fully saturated rings. The van der Waals surface area contributed by atoms with E-state index >= 15 is 0 Å². The number of thioether (sulfide) groups is 1. The maximum atomic E-state index is 5.85. The minimum Gasteiger partial charge on any atom is -0.370 e. The third kappa shape index (κ3) is 2.88. The molecule has 0 radical (unpaired) electrons. The van der Waals surface area contributed by atoms with Crippen LogP contribution in [-0.4, -0.2) is 24.1 Å². The highest BCUT2D eigenvalue weighted by Crippen LogP contribution is 2.28. The van der Waals surface area contributed by atoms with Crippen LogP contribution in [0.3, 0.4) is 0 Å². The fraction of sp³-hybridized carbons (Fsp3) is 0.500. The maximum Gasteiger partial charge on any atom is 0.0485 e. The van der Waals surface area contributed by atoms with E-state index in [-0.39, 0.29) is 0 Å². The van der Waals surface area contributed by atoms with Crippen LogP contribution < -0.4 is 4.90 Å². The molecule has 1 saturated heterocycles. The zero-order valence-electron chi connectivity index (χ0n) is 9.25. The summed E-state index contributed by atoms with van der Waals surface area (Å²) in [7, 11) is 0. The first-order chi connectivity index (χ1) is 7.70. The molecule has 2 rings (SSSR count). The van der Waals surface area contributed by atoms with Crippen LogP contribution in [0.4, 0.5) is 5.69 Å². The molecule has 1 nitrogen and oxygen atoms in total. The number of benzene rings is 1. The molecule has 0 spiro atoms. The van der Waals surface area contributed by atoms with Gasteiger partial charge in [-0.25, -0.2) is 0 Å². The first-order valence-corrected chi connectivity index (χ1v) is 7.79. The summed E-state index contributed by atoms with van der Waals surface area (Å²) in [6.07, 6.45) is 0. The number of alkyl halides is 1. The fourth-order valence-corrected chi connectivity index (χ4v) is 3.81. The third-order valence-corrected chi connectivity index (χ3v) is 4.95. The Balaban J connectivity index is 2.17. The molecule has 0 aromatic heterocycles. The van der Waals surface area contributed by atoms with Crippen molar-refractivity contribution in [2.45, 2.75) is 18.1 Å². The van der Waals surface area contributed by atoms with E-state index in [1.54, 1.807) is 0 Å². The second-order valence-corrected chi connectivity index (χ2v) is 6.70. The minimum atomic E-state index is 0.563. The average Bonchev–Trinajstić information content (AvgIpc) is 2.29. The Hall–Kier alpha value is 0.140. The summed E-state index contributed by atoms with van der Waals surface area (Å²) in [6.45, 7) is 4.57. The highest BCUT2D eigenvalue weighted by molar-refractivity contribution is 9.10. The third-order valence-electron chi connectivity index (χ3n) is 2.79. The fourth-order valence-electron chi connectivity index (χ4n) is 1.89. The number of hydrogen-bond donors (Lipinski definition) is 0. The van der Waals surface area contributed by atoms with Crippen LogP contribution in [0.25, 0.3) is 0 Å². The smallest absolute Gasteiger partial charge is 0.0485 e. The summed E-state index contributed by atoms with van der Waals surface area (Å²) in [5.74, 6) is 1.78. The topological polar surface area (TPSA) is 3.24 Å². The summed E-state index contributed by atoms with van der Waals surface area (Å²) in [5, 5.41) is 0.722. The first-order valence-electron chi connectivity index (χ1n) is 5.41. The lowest BCUT2D eigenvalue weighted by Gasteiger charge is -2.32. The van der Waals surface area contributed by atoms with Crippen LogP contribution >= 0.6 is 39.3 Å². The number of rotatable bonds is 2. The molecule has 1 aliphatic heterocycles. The van der Waals surface area contributed by atoms with Crippen molar-refractivity contribution < 1.29 is 0 Å². The molecule has 88 valence electrons. The lowest BCUT2D eigenvalue weighted by molar-refractivity contribution is 0.782. The van der Waals surface area contributed by atoms with Gasteiger partial charge in [0.05, 0.1) is 0 Å². The quantitative estimate of drug-likeness (QED) is 0.754. The highest BCUT2D eigenvalue weighted by Gasteiger charge is 2.17. The van der Waals surface area contributed by atoms with E-state index in [1.165, 1.54) is 11.4 Å².